The molecular formula is C16H21Cl2NO. The van der Waals surface area contributed by atoms with Crippen LogP contribution in [-0.4, -0.2) is 18.9 Å². The maximum absolute atomic E-state index is 12.2. The van der Waals surface area contributed by atoms with E-state index in [0.29, 0.717) is 34.7 Å². The number of halogens is 2. The van der Waals surface area contributed by atoms with Crippen LogP contribution < -0.4 is 5.32 Å². The third kappa shape index (κ3) is 4.47. The highest BCUT2D eigenvalue weighted by Gasteiger charge is 2.22. The minimum Gasteiger partial charge on any atom is -0.316 e. The molecule has 4 heteroatoms. The van der Waals surface area contributed by atoms with Gasteiger partial charge in [-0.25, -0.2) is 0 Å². The fourth-order valence-electron chi connectivity index (χ4n) is 2.84. The normalized spacial score (nSPS) is 20.6. The molecule has 20 heavy (non-hydrogen) atoms. The summed E-state index contributed by atoms with van der Waals surface area (Å²) >= 11 is 11.9. The Hall–Kier alpha value is -0.570. The zero-order valence-electron chi connectivity index (χ0n) is 11.8. The molecule has 2 unspecified atom stereocenters. The van der Waals surface area contributed by atoms with E-state index in [-0.39, 0.29) is 5.78 Å². The molecule has 110 valence electrons. The maximum atomic E-state index is 12.2. The Morgan fingerprint density at radius 3 is 2.85 bits per heavy atom. The third-order valence-electron chi connectivity index (χ3n) is 4.07. The van der Waals surface area contributed by atoms with Crippen LogP contribution in [0.1, 0.15) is 31.7 Å². The average Bonchev–Trinajstić information content (AvgIpc) is 2.44. The van der Waals surface area contributed by atoms with E-state index in [9.17, 15) is 4.79 Å². The van der Waals surface area contributed by atoms with Crippen molar-refractivity contribution in [3.63, 3.8) is 0 Å². The van der Waals surface area contributed by atoms with Gasteiger partial charge < -0.3 is 5.32 Å². The van der Waals surface area contributed by atoms with Gasteiger partial charge in [-0.2, -0.15) is 0 Å². The molecule has 1 aromatic rings. The molecule has 1 fully saturated rings. The first-order chi connectivity index (χ1) is 9.56. The molecule has 1 aromatic carbocycles. The molecule has 2 atom stereocenters. The Bertz CT molecular complexity index is 470. The first kappa shape index (κ1) is 15.8. The van der Waals surface area contributed by atoms with E-state index < -0.39 is 0 Å². The molecule has 1 aliphatic heterocycles. The van der Waals surface area contributed by atoms with Gasteiger partial charge >= 0.3 is 0 Å². The number of benzene rings is 1. The van der Waals surface area contributed by atoms with E-state index in [4.69, 9.17) is 23.2 Å². The van der Waals surface area contributed by atoms with Crippen molar-refractivity contribution in [1.29, 1.82) is 0 Å². The van der Waals surface area contributed by atoms with E-state index in [0.717, 1.165) is 18.7 Å². The minimum absolute atomic E-state index is 0.279. The molecule has 1 saturated heterocycles. The molecule has 0 saturated carbocycles. The average molecular weight is 314 g/mol. The maximum Gasteiger partial charge on any atom is 0.137 e. The molecule has 2 nitrogen and oxygen atoms in total. The van der Waals surface area contributed by atoms with E-state index >= 15 is 0 Å². The number of hydrogen-bond donors (Lipinski definition) is 1. The highest BCUT2D eigenvalue weighted by molar-refractivity contribution is 6.42. The molecule has 0 aliphatic carbocycles. The second kappa shape index (κ2) is 7.44. The predicted molar refractivity (Wildman–Crippen MR) is 84.5 cm³/mol. The van der Waals surface area contributed by atoms with E-state index in [1.807, 2.05) is 6.07 Å². The van der Waals surface area contributed by atoms with Crippen molar-refractivity contribution in [3.8, 4) is 0 Å². The van der Waals surface area contributed by atoms with Gasteiger partial charge in [0.2, 0.25) is 0 Å². The molecule has 0 radical (unpaired) electrons. The second-order valence-electron chi connectivity index (χ2n) is 5.75. The molecule has 1 N–H and O–H groups in total. The summed E-state index contributed by atoms with van der Waals surface area (Å²) < 4.78 is 0. The summed E-state index contributed by atoms with van der Waals surface area (Å²) in [6.45, 7) is 4.34. The van der Waals surface area contributed by atoms with Crippen molar-refractivity contribution in [2.24, 2.45) is 11.8 Å². The smallest absolute Gasteiger partial charge is 0.137 e. The van der Waals surface area contributed by atoms with Crippen LogP contribution in [0.2, 0.25) is 10.0 Å². The van der Waals surface area contributed by atoms with Gasteiger partial charge in [-0.05, 0) is 55.5 Å². The number of carbonyl (C=O) groups excluding carboxylic acids is 1. The van der Waals surface area contributed by atoms with Gasteiger partial charge in [-0.15, -0.1) is 0 Å². The lowest BCUT2D eigenvalue weighted by atomic mass is 9.84. The lowest BCUT2D eigenvalue weighted by Gasteiger charge is -2.28. The van der Waals surface area contributed by atoms with Crippen molar-refractivity contribution in [3.05, 3.63) is 33.8 Å². The summed E-state index contributed by atoms with van der Waals surface area (Å²) in [6.07, 6.45) is 3.54. The first-order valence-corrected chi connectivity index (χ1v) is 7.98. The van der Waals surface area contributed by atoms with Crippen molar-refractivity contribution in [2.75, 3.05) is 13.1 Å². The van der Waals surface area contributed by atoms with Gasteiger partial charge in [0.15, 0.2) is 0 Å². The molecule has 0 aromatic heterocycles. The number of carbonyl (C=O) groups is 1. The zero-order valence-corrected chi connectivity index (χ0v) is 13.3. The predicted octanol–water partition coefficient (Wildman–Crippen LogP) is 4.13. The van der Waals surface area contributed by atoms with Crippen molar-refractivity contribution in [1.82, 2.24) is 5.32 Å². The SMILES string of the molecule is CC(CC(=O)Cc1ccc(Cl)c(Cl)c1)C1CCCNC1. The van der Waals surface area contributed by atoms with Crippen LogP contribution in [0.4, 0.5) is 0 Å². The molecule has 1 heterocycles. The summed E-state index contributed by atoms with van der Waals surface area (Å²) in [5.41, 5.74) is 0.943. The molecule has 1 aliphatic rings. The lowest BCUT2D eigenvalue weighted by Crippen LogP contribution is -2.34. The topological polar surface area (TPSA) is 29.1 Å². The second-order valence-corrected chi connectivity index (χ2v) is 6.57. The molecule has 0 spiro atoms. The van der Waals surface area contributed by atoms with Crippen LogP contribution in [0.15, 0.2) is 18.2 Å². The Morgan fingerprint density at radius 2 is 2.20 bits per heavy atom. The summed E-state index contributed by atoms with van der Waals surface area (Å²) in [5, 5.41) is 4.46. The summed E-state index contributed by atoms with van der Waals surface area (Å²) in [4.78, 5) is 12.2. The van der Waals surface area contributed by atoms with Crippen LogP contribution in [0.25, 0.3) is 0 Å². The minimum atomic E-state index is 0.279. The molecule has 2 rings (SSSR count). The Balaban J connectivity index is 1.86. The van der Waals surface area contributed by atoms with Gasteiger partial charge in [0.25, 0.3) is 0 Å². The zero-order chi connectivity index (χ0) is 14.5. The van der Waals surface area contributed by atoms with E-state index in [1.54, 1.807) is 12.1 Å². The van der Waals surface area contributed by atoms with Crippen molar-refractivity contribution in [2.45, 2.75) is 32.6 Å². The number of Topliss-reactive ketones (excluding diaryl/α,β-unsaturated/α-hetero) is 1. The Labute approximate surface area is 130 Å². The van der Waals surface area contributed by atoms with Crippen LogP contribution >= 0.6 is 23.2 Å². The summed E-state index contributed by atoms with van der Waals surface area (Å²) in [6, 6.07) is 5.41. The quantitative estimate of drug-likeness (QED) is 0.885. The van der Waals surface area contributed by atoms with Crippen LogP contribution in [-0.2, 0) is 11.2 Å². The van der Waals surface area contributed by atoms with E-state index in [1.165, 1.54) is 12.8 Å². The number of hydrogen-bond acceptors (Lipinski definition) is 2. The standard InChI is InChI=1S/C16H21Cl2NO/c1-11(13-3-2-6-19-10-13)7-14(20)8-12-4-5-15(17)16(18)9-12/h4-5,9,11,13,19H,2-3,6-8,10H2,1H3. The monoisotopic (exact) mass is 313 g/mol. The summed E-state index contributed by atoms with van der Waals surface area (Å²) in [5.74, 6) is 1.35. The van der Waals surface area contributed by atoms with Crippen LogP contribution in [0.5, 0.6) is 0 Å². The number of rotatable bonds is 5. The van der Waals surface area contributed by atoms with Crippen LogP contribution in [0, 0.1) is 11.8 Å². The first-order valence-electron chi connectivity index (χ1n) is 7.22. The van der Waals surface area contributed by atoms with Gasteiger partial charge in [0.1, 0.15) is 5.78 Å². The van der Waals surface area contributed by atoms with Gasteiger partial charge in [-0.3, -0.25) is 4.79 Å². The van der Waals surface area contributed by atoms with Gasteiger partial charge in [0, 0.05) is 12.8 Å². The summed E-state index contributed by atoms with van der Waals surface area (Å²) in [7, 11) is 0. The molecule has 0 bridgehead atoms. The number of nitrogens with one attached hydrogen (secondary N) is 1. The fraction of sp³-hybridized carbons (Fsp3) is 0.562. The Morgan fingerprint density at radius 1 is 1.40 bits per heavy atom. The molecular weight excluding hydrogens is 293 g/mol. The highest BCUT2D eigenvalue weighted by Crippen LogP contribution is 2.25. The lowest BCUT2D eigenvalue weighted by molar-refractivity contribution is -0.119. The van der Waals surface area contributed by atoms with Gasteiger partial charge in [0.05, 0.1) is 10.0 Å². The fourth-order valence-corrected chi connectivity index (χ4v) is 3.16. The largest absolute Gasteiger partial charge is 0.316 e. The third-order valence-corrected chi connectivity index (χ3v) is 4.81. The van der Waals surface area contributed by atoms with Gasteiger partial charge in [-0.1, -0.05) is 36.2 Å². The van der Waals surface area contributed by atoms with E-state index in [2.05, 4.69) is 12.2 Å². The number of piperidine rings is 1. The highest BCUT2D eigenvalue weighted by atomic mass is 35.5. The molecule has 0 amide bonds. The van der Waals surface area contributed by atoms with Crippen molar-refractivity contribution >= 4 is 29.0 Å². The number of ketones is 1. The Kier molecular flexibility index (Phi) is 5.88. The van der Waals surface area contributed by atoms with Crippen LogP contribution in [0.3, 0.4) is 0 Å². The van der Waals surface area contributed by atoms with Crippen molar-refractivity contribution < 1.29 is 4.79 Å².